The summed E-state index contributed by atoms with van der Waals surface area (Å²) in [6.45, 7) is 6.34. The van der Waals surface area contributed by atoms with E-state index < -0.39 is 0 Å². The van der Waals surface area contributed by atoms with E-state index in [2.05, 4.69) is 37.7 Å². The zero-order valence-electron chi connectivity index (χ0n) is 17.2. The van der Waals surface area contributed by atoms with E-state index in [0.29, 0.717) is 12.5 Å². The van der Waals surface area contributed by atoms with Gasteiger partial charge in [0.1, 0.15) is 5.75 Å². The third-order valence-corrected chi connectivity index (χ3v) is 5.56. The number of rotatable bonds is 7. The summed E-state index contributed by atoms with van der Waals surface area (Å²) in [5, 5.41) is 2.75. The summed E-state index contributed by atoms with van der Waals surface area (Å²) in [7, 11) is 3.75. The van der Waals surface area contributed by atoms with Gasteiger partial charge in [-0.2, -0.15) is 0 Å². The number of aldehydes is 1. The van der Waals surface area contributed by atoms with Gasteiger partial charge in [0.05, 0.1) is 24.1 Å². The molecule has 1 aromatic heterocycles. The van der Waals surface area contributed by atoms with E-state index in [4.69, 9.17) is 4.74 Å². The highest BCUT2D eigenvalue weighted by atomic mass is 79.9. The topological polar surface area (TPSA) is 54.5 Å². The number of hydrogen-bond acceptors (Lipinski definition) is 5. The summed E-state index contributed by atoms with van der Waals surface area (Å²) >= 11 is 3.47. The molecule has 0 amide bonds. The highest BCUT2D eigenvalue weighted by Gasteiger charge is 2.21. The van der Waals surface area contributed by atoms with E-state index in [1.165, 1.54) is 0 Å². The van der Waals surface area contributed by atoms with Gasteiger partial charge in [0.2, 0.25) is 0 Å². The van der Waals surface area contributed by atoms with Crippen LogP contribution in [0.25, 0.3) is 6.08 Å². The molecule has 0 saturated carbocycles. The van der Waals surface area contributed by atoms with E-state index in [0.717, 1.165) is 65.8 Å². The van der Waals surface area contributed by atoms with E-state index in [9.17, 15) is 4.79 Å². The van der Waals surface area contributed by atoms with E-state index in [1.807, 2.05) is 44.4 Å². The van der Waals surface area contributed by atoms with Gasteiger partial charge in [-0.15, -0.1) is 0 Å². The fourth-order valence-corrected chi connectivity index (χ4v) is 3.77. The second-order valence-corrected chi connectivity index (χ2v) is 7.84. The summed E-state index contributed by atoms with van der Waals surface area (Å²) < 4.78 is 6.67. The van der Waals surface area contributed by atoms with Crippen LogP contribution in [0.4, 0.5) is 5.69 Å². The van der Waals surface area contributed by atoms with Crippen LogP contribution in [-0.2, 0) is 0 Å². The van der Waals surface area contributed by atoms with Crippen LogP contribution in [0.3, 0.4) is 0 Å². The predicted octanol–water partition coefficient (Wildman–Crippen LogP) is 4.82. The molecule has 1 saturated heterocycles. The largest absolute Gasteiger partial charge is 0.492 e. The van der Waals surface area contributed by atoms with Crippen LogP contribution >= 0.6 is 15.9 Å². The minimum Gasteiger partial charge on any atom is -0.492 e. The Balaban J connectivity index is 0.000000941. The van der Waals surface area contributed by atoms with Crippen LogP contribution in [0.5, 0.6) is 5.75 Å². The highest BCUT2D eigenvalue weighted by molar-refractivity contribution is 9.10. The quantitative estimate of drug-likeness (QED) is 0.601. The number of carbonyl (C=O) groups excluding carboxylic acids is 1. The van der Waals surface area contributed by atoms with Crippen LogP contribution in [0, 0.1) is 5.92 Å². The van der Waals surface area contributed by atoms with Crippen molar-refractivity contribution in [2.45, 2.75) is 19.3 Å². The minimum atomic E-state index is 0.651. The molecular weight excluding hydrogens is 430 g/mol. The molecule has 0 aliphatic carbocycles. The average molecular weight is 460 g/mol. The maximum atomic E-state index is 11.4. The fourth-order valence-electron chi connectivity index (χ4n) is 3.32. The number of piperidine rings is 1. The zero-order valence-corrected chi connectivity index (χ0v) is 18.8. The lowest BCUT2D eigenvalue weighted by molar-refractivity contribution is 0.112. The maximum absolute atomic E-state index is 11.4. The Morgan fingerprint density at radius 3 is 2.59 bits per heavy atom. The second-order valence-electron chi connectivity index (χ2n) is 6.98. The highest BCUT2D eigenvalue weighted by Crippen LogP contribution is 2.30. The molecule has 29 heavy (non-hydrogen) atoms. The maximum Gasteiger partial charge on any atom is 0.153 e. The molecule has 6 heteroatoms. The number of pyridine rings is 1. The molecule has 0 spiro atoms. The molecule has 0 atom stereocenters. The Kier molecular flexibility index (Phi) is 9.88. The van der Waals surface area contributed by atoms with Gasteiger partial charge in [0, 0.05) is 23.2 Å². The zero-order chi connectivity index (χ0) is 21.1. The third kappa shape index (κ3) is 6.98. The third-order valence-electron chi connectivity index (χ3n) is 4.87. The van der Waals surface area contributed by atoms with Crippen molar-refractivity contribution >= 4 is 34.0 Å². The van der Waals surface area contributed by atoms with Crippen molar-refractivity contribution in [2.24, 2.45) is 5.92 Å². The predicted molar refractivity (Wildman–Crippen MR) is 124 cm³/mol. The number of benzene rings is 1. The van der Waals surface area contributed by atoms with Crippen LogP contribution in [0.15, 0.2) is 47.6 Å². The van der Waals surface area contributed by atoms with Crippen LogP contribution < -0.4 is 15.0 Å². The van der Waals surface area contributed by atoms with Crippen LogP contribution in [0.1, 0.15) is 35.3 Å². The molecule has 2 aromatic rings. The van der Waals surface area contributed by atoms with Crippen LogP contribution in [0.2, 0.25) is 0 Å². The van der Waals surface area contributed by atoms with Crippen molar-refractivity contribution < 1.29 is 9.53 Å². The number of carbonyl (C=O) groups is 1. The Morgan fingerprint density at radius 1 is 1.28 bits per heavy atom. The number of nitrogens with one attached hydrogen (secondary N) is 1. The standard InChI is InChI=1S/C21H23BrN2O2.C2H7N/c1-2-17-6-7-18(14-23-17)26-13-10-16-8-11-24(12-9-16)21-5-3-4-20(22)19(21)15-25;1-3-2/h2-7,14-16H,1,8-13H2;3H,1-2H3. The summed E-state index contributed by atoms with van der Waals surface area (Å²) in [4.78, 5) is 17.9. The molecule has 0 radical (unpaired) electrons. The van der Waals surface area contributed by atoms with E-state index in [1.54, 1.807) is 12.3 Å². The Labute approximate surface area is 182 Å². The summed E-state index contributed by atoms with van der Waals surface area (Å²) in [5.41, 5.74) is 2.62. The van der Waals surface area contributed by atoms with E-state index in [-0.39, 0.29) is 0 Å². The molecule has 2 heterocycles. The van der Waals surface area contributed by atoms with Gasteiger partial charge in [0.15, 0.2) is 6.29 Å². The molecule has 1 fully saturated rings. The number of nitrogens with zero attached hydrogens (tertiary/aromatic N) is 2. The van der Waals surface area contributed by atoms with Gasteiger partial charge in [0.25, 0.3) is 0 Å². The molecule has 1 aliphatic heterocycles. The first-order valence-corrected chi connectivity index (χ1v) is 10.7. The second kappa shape index (κ2) is 12.4. The van der Waals surface area contributed by atoms with Gasteiger partial charge in [-0.25, -0.2) is 0 Å². The number of aromatic nitrogens is 1. The Morgan fingerprint density at radius 2 is 2.00 bits per heavy atom. The first kappa shape index (κ1) is 23.1. The van der Waals surface area contributed by atoms with Gasteiger partial charge in [-0.1, -0.05) is 12.6 Å². The molecule has 1 aliphatic rings. The first-order chi connectivity index (χ1) is 14.1. The summed E-state index contributed by atoms with van der Waals surface area (Å²) in [5.74, 6) is 1.45. The monoisotopic (exact) mass is 459 g/mol. The SMILES string of the molecule is C=Cc1ccc(OCCC2CCN(c3cccc(Br)c3C=O)CC2)cn1.CNC. The normalized spacial score (nSPS) is 14.0. The molecule has 0 unspecified atom stereocenters. The minimum absolute atomic E-state index is 0.651. The lowest BCUT2D eigenvalue weighted by atomic mass is 9.93. The van der Waals surface area contributed by atoms with Gasteiger partial charge < -0.3 is 15.0 Å². The first-order valence-electron chi connectivity index (χ1n) is 9.91. The summed E-state index contributed by atoms with van der Waals surface area (Å²) in [6.07, 6.45) is 7.66. The molecule has 5 nitrogen and oxygen atoms in total. The number of hydrogen-bond donors (Lipinski definition) is 1. The van der Waals surface area contributed by atoms with Crippen molar-refractivity contribution in [3.63, 3.8) is 0 Å². The van der Waals surface area contributed by atoms with Gasteiger partial charge >= 0.3 is 0 Å². The van der Waals surface area contributed by atoms with E-state index >= 15 is 0 Å². The van der Waals surface area contributed by atoms with Gasteiger partial charge in [-0.3, -0.25) is 9.78 Å². The summed E-state index contributed by atoms with van der Waals surface area (Å²) in [6, 6.07) is 9.76. The fraction of sp³-hybridized carbons (Fsp3) is 0.391. The number of ether oxygens (including phenoxy) is 1. The van der Waals surface area contributed by atoms with Gasteiger partial charge in [-0.05, 0) is 85.5 Å². The smallest absolute Gasteiger partial charge is 0.153 e. The Hall–Kier alpha value is -2.18. The molecule has 0 bridgehead atoms. The van der Waals surface area contributed by atoms with Crippen LogP contribution in [-0.4, -0.2) is 45.1 Å². The molecule has 1 aromatic carbocycles. The van der Waals surface area contributed by atoms with Crippen molar-refractivity contribution in [3.8, 4) is 5.75 Å². The molecule has 156 valence electrons. The van der Waals surface area contributed by atoms with Crippen molar-refractivity contribution in [3.05, 3.63) is 58.8 Å². The van der Waals surface area contributed by atoms with Crippen molar-refractivity contribution in [1.29, 1.82) is 0 Å². The average Bonchev–Trinajstić information content (AvgIpc) is 2.75. The lowest BCUT2D eigenvalue weighted by Gasteiger charge is -2.34. The van der Waals surface area contributed by atoms with Crippen molar-refractivity contribution in [1.82, 2.24) is 10.3 Å². The molecule has 1 N–H and O–H groups in total. The number of anilines is 1. The molecule has 3 rings (SSSR count). The van der Waals surface area contributed by atoms with Crippen molar-refractivity contribution in [2.75, 3.05) is 38.7 Å². The molecular formula is C23H30BrN3O2. The number of halogens is 1. The lowest BCUT2D eigenvalue weighted by Crippen LogP contribution is -2.34. The Bertz CT molecular complexity index is 772.